The molecule has 0 unspecified atom stereocenters. The highest BCUT2D eigenvalue weighted by molar-refractivity contribution is 7.07. The number of rotatable bonds is 5. The minimum absolute atomic E-state index is 0.267. The average Bonchev–Trinajstić information content (AvgIpc) is 2.84. The summed E-state index contributed by atoms with van der Waals surface area (Å²) in [5.74, 6) is -0.764. The standard InChI is InChI=1S/C12H11FN2O2S/c13-12-10(2-1-3-11(12)15(16)17)7-14-6-9-4-5-18-8-9/h1-5,8,14H,6-7H2. The van der Waals surface area contributed by atoms with Gasteiger partial charge in [0.2, 0.25) is 5.82 Å². The van der Waals surface area contributed by atoms with E-state index in [1.807, 2.05) is 16.8 Å². The number of halogens is 1. The van der Waals surface area contributed by atoms with E-state index >= 15 is 0 Å². The molecule has 0 aliphatic heterocycles. The topological polar surface area (TPSA) is 55.2 Å². The minimum Gasteiger partial charge on any atom is -0.308 e. The van der Waals surface area contributed by atoms with E-state index in [0.29, 0.717) is 12.1 Å². The van der Waals surface area contributed by atoms with Crippen molar-refractivity contribution in [2.75, 3.05) is 0 Å². The van der Waals surface area contributed by atoms with Crippen LogP contribution in [0.4, 0.5) is 10.1 Å². The van der Waals surface area contributed by atoms with Gasteiger partial charge in [-0.05, 0) is 22.4 Å². The first-order chi connectivity index (χ1) is 8.68. The molecule has 1 N–H and O–H groups in total. The van der Waals surface area contributed by atoms with Crippen LogP contribution in [0.2, 0.25) is 0 Å². The Morgan fingerprint density at radius 3 is 2.83 bits per heavy atom. The number of nitrogens with one attached hydrogen (secondary N) is 1. The van der Waals surface area contributed by atoms with Crippen molar-refractivity contribution in [1.82, 2.24) is 5.32 Å². The highest BCUT2D eigenvalue weighted by atomic mass is 32.1. The summed E-state index contributed by atoms with van der Waals surface area (Å²) >= 11 is 1.59. The SMILES string of the molecule is O=[N+]([O-])c1cccc(CNCc2ccsc2)c1F. The van der Waals surface area contributed by atoms with Crippen LogP contribution < -0.4 is 5.32 Å². The van der Waals surface area contributed by atoms with Crippen molar-refractivity contribution in [3.05, 3.63) is 62.1 Å². The first-order valence-electron chi connectivity index (χ1n) is 5.32. The molecule has 0 aliphatic rings. The molecular formula is C12H11FN2O2S. The van der Waals surface area contributed by atoms with Gasteiger partial charge < -0.3 is 5.32 Å². The fourth-order valence-electron chi connectivity index (χ4n) is 1.58. The third-order valence-corrected chi connectivity index (χ3v) is 3.21. The third-order valence-electron chi connectivity index (χ3n) is 2.48. The number of nitro benzene ring substituents is 1. The predicted octanol–water partition coefficient (Wildman–Crippen LogP) is 3.09. The summed E-state index contributed by atoms with van der Waals surface area (Å²) in [4.78, 5) is 9.87. The molecule has 1 aromatic heterocycles. The molecule has 0 amide bonds. The second-order valence-corrected chi connectivity index (χ2v) is 4.52. The van der Waals surface area contributed by atoms with Crippen LogP contribution in [0.5, 0.6) is 0 Å². The van der Waals surface area contributed by atoms with Crippen molar-refractivity contribution in [2.45, 2.75) is 13.1 Å². The van der Waals surface area contributed by atoms with Gasteiger partial charge in [0.05, 0.1) is 4.92 Å². The Morgan fingerprint density at radius 2 is 2.17 bits per heavy atom. The summed E-state index contributed by atoms with van der Waals surface area (Å²) in [5, 5.41) is 17.6. The number of nitro groups is 1. The van der Waals surface area contributed by atoms with Crippen LogP contribution in [0.15, 0.2) is 35.0 Å². The molecule has 4 nitrogen and oxygen atoms in total. The Balaban J connectivity index is 2.01. The lowest BCUT2D eigenvalue weighted by molar-refractivity contribution is -0.387. The summed E-state index contributed by atoms with van der Waals surface area (Å²) in [5.41, 5.74) is 0.940. The van der Waals surface area contributed by atoms with Crippen molar-refractivity contribution < 1.29 is 9.31 Å². The summed E-state index contributed by atoms with van der Waals surface area (Å²) in [6, 6.07) is 6.17. The Bertz CT molecular complexity index is 543. The Labute approximate surface area is 107 Å². The molecule has 2 rings (SSSR count). The molecule has 94 valence electrons. The second-order valence-electron chi connectivity index (χ2n) is 3.74. The molecule has 0 aliphatic carbocycles. The van der Waals surface area contributed by atoms with Crippen LogP contribution in [0.3, 0.4) is 0 Å². The molecule has 0 atom stereocenters. The minimum atomic E-state index is -0.764. The van der Waals surface area contributed by atoms with Gasteiger partial charge in [-0.3, -0.25) is 10.1 Å². The van der Waals surface area contributed by atoms with Crippen LogP contribution in [-0.4, -0.2) is 4.92 Å². The van der Waals surface area contributed by atoms with Gasteiger partial charge in [-0.25, -0.2) is 0 Å². The zero-order valence-corrected chi connectivity index (χ0v) is 10.2. The lowest BCUT2D eigenvalue weighted by atomic mass is 10.2. The van der Waals surface area contributed by atoms with Gasteiger partial charge in [-0.1, -0.05) is 12.1 Å². The zero-order chi connectivity index (χ0) is 13.0. The van der Waals surface area contributed by atoms with Crippen LogP contribution in [0.25, 0.3) is 0 Å². The maximum atomic E-state index is 13.7. The van der Waals surface area contributed by atoms with Gasteiger partial charge in [0.1, 0.15) is 0 Å². The number of thiophene rings is 1. The van der Waals surface area contributed by atoms with Crippen LogP contribution >= 0.6 is 11.3 Å². The number of hydrogen-bond donors (Lipinski definition) is 1. The van der Waals surface area contributed by atoms with Crippen molar-refractivity contribution in [2.24, 2.45) is 0 Å². The third kappa shape index (κ3) is 2.91. The quantitative estimate of drug-likeness (QED) is 0.668. The van der Waals surface area contributed by atoms with Crippen LogP contribution in [0, 0.1) is 15.9 Å². The van der Waals surface area contributed by atoms with Gasteiger partial charge in [0.15, 0.2) is 0 Å². The maximum absolute atomic E-state index is 13.7. The first-order valence-corrected chi connectivity index (χ1v) is 6.26. The molecule has 0 radical (unpaired) electrons. The van der Waals surface area contributed by atoms with E-state index in [1.165, 1.54) is 6.07 Å². The Kier molecular flexibility index (Phi) is 4.01. The van der Waals surface area contributed by atoms with E-state index in [9.17, 15) is 14.5 Å². The maximum Gasteiger partial charge on any atom is 0.305 e. The summed E-state index contributed by atoms with van der Waals surface area (Å²) in [6.07, 6.45) is 0. The molecule has 1 aromatic carbocycles. The summed E-state index contributed by atoms with van der Waals surface area (Å²) < 4.78 is 13.7. The van der Waals surface area contributed by atoms with Crippen molar-refractivity contribution in [1.29, 1.82) is 0 Å². The normalized spacial score (nSPS) is 10.5. The molecule has 6 heteroatoms. The van der Waals surface area contributed by atoms with Crippen molar-refractivity contribution >= 4 is 17.0 Å². The van der Waals surface area contributed by atoms with E-state index in [0.717, 1.165) is 11.6 Å². The van der Waals surface area contributed by atoms with E-state index in [4.69, 9.17) is 0 Å². The van der Waals surface area contributed by atoms with E-state index in [1.54, 1.807) is 17.4 Å². The molecule has 0 saturated carbocycles. The highest BCUT2D eigenvalue weighted by Gasteiger charge is 2.16. The first kappa shape index (κ1) is 12.7. The van der Waals surface area contributed by atoms with Crippen molar-refractivity contribution in [3.63, 3.8) is 0 Å². The molecule has 0 spiro atoms. The van der Waals surface area contributed by atoms with Gasteiger partial charge in [-0.2, -0.15) is 15.7 Å². The average molecular weight is 266 g/mol. The van der Waals surface area contributed by atoms with Crippen LogP contribution in [-0.2, 0) is 13.1 Å². The van der Waals surface area contributed by atoms with Crippen LogP contribution in [0.1, 0.15) is 11.1 Å². The van der Waals surface area contributed by atoms with Gasteiger partial charge in [-0.15, -0.1) is 0 Å². The molecule has 18 heavy (non-hydrogen) atoms. The fraction of sp³-hybridized carbons (Fsp3) is 0.167. The molecule has 0 saturated heterocycles. The molecule has 0 bridgehead atoms. The molecule has 2 aromatic rings. The molecular weight excluding hydrogens is 255 g/mol. The van der Waals surface area contributed by atoms with Crippen molar-refractivity contribution in [3.8, 4) is 0 Å². The second kappa shape index (κ2) is 5.70. The lowest BCUT2D eigenvalue weighted by Gasteiger charge is -2.05. The number of hydrogen-bond acceptors (Lipinski definition) is 4. The highest BCUT2D eigenvalue weighted by Crippen LogP contribution is 2.20. The lowest BCUT2D eigenvalue weighted by Crippen LogP contribution is -2.13. The summed E-state index contributed by atoms with van der Waals surface area (Å²) in [6.45, 7) is 0.884. The van der Waals surface area contributed by atoms with E-state index < -0.39 is 16.4 Å². The zero-order valence-electron chi connectivity index (χ0n) is 9.43. The van der Waals surface area contributed by atoms with E-state index in [-0.39, 0.29) is 6.54 Å². The monoisotopic (exact) mass is 266 g/mol. The van der Waals surface area contributed by atoms with Gasteiger partial charge >= 0.3 is 5.69 Å². The Hall–Kier alpha value is -1.79. The van der Waals surface area contributed by atoms with Gasteiger partial charge in [0.25, 0.3) is 0 Å². The number of benzene rings is 1. The molecule has 1 heterocycles. The Morgan fingerprint density at radius 1 is 1.33 bits per heavy atom. The number of nitrogens with zero attached hydrogens (tertiary/aromatic N) is 1. The van der Waals surface area contributed by atoms with E-state index in [2.05, 4.69) is 5.32 Å². The molecule has 0 fully saturated rings. The predicted molar refractivity (Wildman–Crippen MR) is 67.9 cm³/mol. The largest absolute Gasteiger partial charge is 0.308 e. The van der Waals surface area contributed by atoms with Gasteiger partial charge in [0, 0.05) is 24.7 Å². The summed E-state index contributed by atoms with van der Waals surface area (Å²) in [7, 11) is 0. The smallest absolute Gasteiger partial charge is 0.305 e. The fourth-order valence-corrected chi connectivity index (χ4v) is 2.25.